The number of rotatable bonds is 7. The van der Waals surface area contributed by atoms with Gasteiger partial charge in [-0.1, -0.05) is 0 Å². The highest BCUT2D eigenvalue weighted by Gasteiger charge is 2.46. The summed E-state index contributed by atoms with van der Waals surface area (Å²) in [6.45, 7) is -0.688. The fourth-order valence-electron chi connectivity index (χ4n) is 4.14. The van der Waals surface area contributed by atoms with Gasteiger partial charge < -0.3 is 30.3 Å². The molecule has 1 unspecified atom stereocenters. The number of nitrogen functional groups attached to an aromatic ring is 1. The van der Waals surface area contributed by atoms with Crippen molar-refractivity contribution >= 4 is 69.1 Å². The molecule has 3 aromatic heterocycles. The van der Waals surface area contributed by atoms with Gasteiger partial charge in [0.2, 0.25) is 0 Å². The number of phenolic OH excluding ortho intramolecular Hbond substituents is 1. The minimum atomic E-state index is -4.94. The van der Waals surface area contributed by atoms with Gasteiger partial charge in [-0.05, 0) is 18.2 Å². The maximum Gasteiger partial charge on any atom is 0.529 e. The van der Waals surface area contributed by atoms with Crippen LogP contribution < -0.4 is 5.73 Å². The van der Waals surface area contributed by atoms with Crippen LogP contribution in [0.4, 0.5) is 5.82 Å². The molecule has 0 radical (unpaired) electrons. The van der Waals surface area contributed by atoms with Crippen molar-refractivity contribution in [3.05, 3.63) is 35.9 Å². The molecular weight excluding hydrogens is 589 g/mol. The normalized spacial score (nSPS) is 26.3. The van der Waals surface area contributed by atoms with Gasteiger partial charge in [-0.25, -0.2) is 29.3 Å². The van der Waals surface area contributed by atoms with Crippen molar-refractivity contribution in [2.24, 2.45) is 4.99 Å². The lowest BCUT2D eigenvalue weighted by atomic mass is 10.1. The van der Waals surface area contributed by atoms with Gasteiger partial charge in [-0.2, -0.15) is 0 Å². The summed E-state index contributed by atoms with van der Waals surface area (Å²) in [5.41, 5.74) is 6.93. The van der Waals surface area contributed by atoms with Crippen LogP contribution in [0.3, 0.4) is 0 Å². The number of aromatic hydroxyl groups is 1. The van der Waals surface area contributed by atoms with Crippen LogP contribution in [-0.4, -0.2) is 92.4 Å². The minimum Gasteiger partial charge on any atom is -0.508 e. The first kappa shape index (κ1) is 27.0. The fraction of sp³-hybridized carbons (Fsp3) is 0.333. The monoisotopic (exact) mass is 609 g/mol. The van der Waals surface area contributed by atoms with Crippen molar-refractivity contribution in [2.75, 3.05) is 18.1 Å². The van der Waals surface area contributed by atoms with E-state index in [4.69, 9.17) is 19.5 Å². The van der Waals surface area contributed by atoms with Gasteiger partial charge >= 0.3 is 13.8 Å². The SMILES string of the molecule is Nc1ncnc2c1ncn2[C@@H]1O[C@H](COP(=O)(O)OC(=O)[C@H]2CSC(c3nc4ccc(O)cc4s3)=N2)[C@@H](O)[C@H]1O. The van der Waals surface area contributed by atoms with Crippen LogP contribution in [0.5, 0.6) is 5.75 Å². The van der Waals surface area contributed by atoms with E-state index in [0.717, 1.165) is 4.70 Å². The van der Waals surface area contributed by atoms with Gasteiger partial charge in [-0.15, -0.1) is 23.1 Å². The number of benzene rings is 1. The van der Waals surface area contributed by atoms with Crippen LogP contribution in [0.1, 0.15) is 11.2 Å². The lowest BCUT2D eigenvalue weighted by Crippen LogP contribution is -2.33. The average molecular weight is 610 g/mol. The molecule has 1 saturated heterocycles. The van der Waals surface area contributed by atoms with Crippen molar-refractivity contribution < 1.29 is 43.4 Å². The van der Waals surface area contributed by atoms with Gasteiger partial charge in [0.05, 0.1) is 23.2 Å². The number of aliphatic imine (C=N–C) groups is 1. The molecule has 4 aromatic rings. The molecule has 1 fully saturated rings. The summed E-state index contributed by atoms with van der Waals surface area (Å²) < 4.78 is 29.8. The third kappa shape index (κ3) is 5.04. The largest absolute Gasteiger partial charge is 0.529 e. The second-order valence-electron chi connectivity index (χ2n) is 8.74. The third-order valence-electron chi connectivity index (χ3n) is 6.08. The highest BCUT2D eigenvalue weighted by Crippen LogP contribution is 2.45. The minimum absolute atomic E-state index is 0.0967. The third-order valence-corrected chi connectivity index (χ3v) is 9.18. The van der Waals surface area contributed by atoms with Crippen molar-refractivity contribution in [3.63, 3.8) is 0 Å². The molecule has 2 aliphatic heterocycles. The molecule has 210 valence electrons. The van der Waals surface area contributed by atoms with Crippen LogP contribution in [-0.2, 0) is 23.1 Å². The number of thioether (sulfide) groups is 1. The lowest BCUT2D eigenvalue weighted by Gasteiger charge is -2.18. The molecule has 6 rings (SSSR count). The summed E-state index contributed by atoms with van der Waals surface area (Å²) in [5.74, 6) is -0.725. The van der Waals surface area contributed by atoms with Gasteiger partial charge in [-0.3, -0.25) is 19.0 Å². The fourth-order valence-corrected chi connectivity index (χ4v) is 6.96. The summed E-state index contributed by atoms with van der Waals surface area (Å²) in [5, 5.41) is 31.6. The first-order chi connectivity index (χ1) is 19.1. The topological polar surface area (TPSA) is 238 Å². The summed E-state index contributed by atoms with van der Waals surface area (Å²) in [6.07, 6.45) is -2.93. The maximum atomic E-state index is 12.6. The zero-order valence-electron chi connectivity index (χ0n) is 20.0. The molecule has 40 heavy (non-hydrogen) atoms. The molecule has 0 aliphatic carbocycles. The molecule has 2 aliphatic rings. The average Bonchev–Trinajstić information content (AvgIpc) is 3.69. The lowest BCUT2D eigenvalue weighted by molar-refractivity contribution is -0.137. The van der Waals surface area contributed by atoms with Crippen molar-refractivity contribution in [1.82, 2.24) is 24.5 Å². The van der Waals surface area contributed by atoms with E-state index in [2.05, 4.69) is 24.9 Å². The second kappa shape index (κ2) is 10.3. The summed E-state index contributed by atoms with van der Waals surface area (Å²) >= 11 is 2.51. The maximum absolute atomic E-state index is 12.6. The van der Waals surface area contributed by atoms with Crippen molar-refractivity contribution in [3.8, 4) is 5.75 Å². The zero-order valence-corrected chi connectivity index (χ0v) is 22.6. The molecule has 0 spiro atoms. The Morgan fingerprint density at radius 1 is 1.25 bits per heavy atom. The molecule has 6 atom stereocenters. The number of phosphoric acid groups is 1. The number of carbonyl (C=O) groups excluding carboxylic acids is 1. The van der Waals surface area contributed by atoms with Crippen LogP contribution in [0, 0.1) is 0 Å². The summed E-state index contributed by atoms with van der Waals surface area (Å²) in [7, 11) is -4.94. The number of nitrogens with two attached hydrogens (primary N) is 1. The number of phosphoric ester groups is 1. The first-order valence-electron chi connectivity index (χ1n) is 11.6. The number of hydrogen-bond acceptors (Lipinski definition) is 16. The highest BCUT2D eigenvalue weighted by atomic mass is 32.2. The molecular formula is C21H20N7O9PS2. The highest BCUT2D eigenvalue weighted by molar-refractivity contribution is 8.15. The van der Waals surface area contributed by atoms with E-state index >= 15 is 0 Å². The van der Waals surface area contributed by atoms with E-state index in [-0.39, 0.29) is 28.5 Å². The molecule has 16 nitrogen and oxygen atoms in total. The number of hydrogen-bond donors (Lipinski definition) is 5. The van der Waals surface area contributed by atoms with Gasteiger partial charge in [0.15, 0.2) is 23.7 Å². The quantitative estimate of drug-likeness (QED) is 0.180. The van der Waals surface area contributed by atoms with Gasteiger partial charge in [0.1, 0.15) is 46.0 Å². The number of aromatic nitrogens is 5. The number of nitrogens with zero attached hydrogens (tertiary/aromatic N) is 6. The van der Waals surface area contributed by atoms with E-state index in [1.54, 1.807) is 12.1 Å². The molecule has 19 heteroatoms. The Bertz CT molecular complexity index is 1700. The summed E-state index contributed by atoms with van der Waals surface area (Å²) in [4.78, 5) is 43.4. The van der Waals surface area contributed by atoms with E-state index in [1.807, 2.05) is 0 Å². The smallest absolute Gasteiger partial charge is 0.508 e. The van der Waals surface area contributed by atoms with E-state index < -0.39 is 51.0 Å². The van der Waals surface area contributed by atoms with Crippen molar-refractivity contribution in [2.45, 2.75) is 30.6 Å². The van der Waals surface area contributed by atoms with E-state index in [1.165, 1.54) is 46.4 Å². The zero-order chi connectivity index (χ0) is 28.2. The van der Waals surface area contributed by atoms with Gasteiger partial charge in [0.25, 0.3) is 0 Å². The Hall–Kier alpha value is -3.22. The number of anilines is 1. The second-order valence-corrected chi connectivity index (χ2v) is 12.2. The molecule has 1 aromatic carbocycles. The Balaban J connectivity index is 1.08. The van der Waals surface area contributed by atoms with Crippen LogP contribution in [0.15, 0.2) is 35.8 Å². The standard InChI is InChI=1S/C21H20N7O9PS2/c22-16-13-17(24-6-23-16)28(7-25-13)20-15(31)14(30)11(36-20)4-35-38(33,34)37-21(32)10-5-39-18(27-10)19-26-9-2-1-8(29)3-12(9)40-19/h1-3,6-7,10-11,14-15,20,29-31H,4-5H2,(H,33,34)(H2,22,23,24)/t10-,11-,14-,15-,20-/m1/s1. The van der Waals surface area contributed by atoms with E-state index in [9.17, 15) is 29.6 Å². The molecule has 0 saturated carbocycles. The van der Waals surface area contributed by atoms with Crippen molar-refractivity contribution in [1.29, 1.82) is 0 Å². The Morgan fingerprint density at radius 2 is 2.08 bits per heavy atom. The van der Waals surface area contributed by atoms with Crippen LogP contribution in [0.25, 0.3) is 21.4 Å². The predicted octanol–water partition coefficient (Wildman–Crippen LogP) is 0.565. The van der Waals surface area contributed by atoms with Gasteiger partial charge in [0, 0.05) is 5.75 Å². The molecule has 0 bridgehead atoms. The van der Waals surface area contributed by atoms with Crippen LogP contribution >= 0.6 is 30.9 Å². The molecule has 5 heterocycles. The number of imidazole rings is 1. The number of aliphatic hydroxyl groups excluding tert-OH is 2. The number of fused-ring (bicyclic) bond motifs is 2. The number of ether oxygens (including phenoxy) is 1. The number of carbonyl (C=O) groups is 1. The van der Waals surface area contributed by atoms with Crippen LogP contribution in [0.2, 0.25) is 0 Å². The molecule has 0 amide bonds. The number of thiazole rings is 1. The Kier molecular flexibility index (Phi) is 6.96. The number of phenols is 1. The Labute approximate surface area is 232 Å². The van der Waals surface area contributed by atoms with E-state index in [0.29, 0.717) is 15.6 Å². The summed E-state index contributed by atoms with van der Waals surface area (Å²) in [6, 6.07) is 3.66. The first-order valence-corrected chi connectivity index (χ1v) is 14.9. The predicted molar refractivity (Wildman–Crippen MR) is 142 cm³/mol. The Morgan fingerprint density at radius 3 is 2.90 bits per heavy atom. The molecule has 6 N–H and O–H groups in total. The number of aliphatic hydroxyl groups is 2.